The lowest BCUT2D eigenvalue weighted by atomic mass is 10.3. The molecule has 18 heavy (non-hydrogen) atoms. The molecule has 1 rings (SSSR count). The lowest BCUT2D eigenvalue weighted by molar-refractivity contribution is -0.130. The van der Waals surface area contributed by atoms with Gasteiger partial charge in [0.15, 0.2) is 0 Å². The van der Waals surface area contributed by atoms with Gasteiger partial charge in [-0.1, -0.05) is 12.1 Å². The average Bonchev–Trinajstić information content (AvgIpc) is 2.33. The minimum absolute atomic E-state index is 0.0378. The standard InChI is InChI=1S/C11H14F3NO2S/c1-17-8-4-2-3-5-9(8)18(16)10(6-7-15)11(12,13)14/h2-5,10H,6-7,15H2,1H3. The van der Waals surface area contributed by atoms with E-state index in [1.807, 2.05) is 0 Å². The number of ether oxygens (including phenoxy) is 1. The van der Waals surface area contributed by atoms with Crippen LogP contribution in [0.15, 0.2) is 29.2 Å². The van der Waals surface area contributed by atoms with Crippen molar-refractivity contribution in [1.29, 1.82) is 0 Å². The van der Waals surface area contributed by atoms with Crippen molar-refractivity contribution in [1.82, 2.24) is 0 Å². The Labute approximate surface area is 106 Å². The Kier molecular flexibility index (Phi) is 5.15. The van der Waals surface area contributed by atoms with Crippen LogP contribution in [0.25, 0.3) is 0 Å². The van der Waals surface area contributed by atoms with E-state index in [-0.39, 0.29) is 23.6 Å². The summed E-state index contributed by atoms with van der Waals surface area (Å²) in [4.78, 5) is 0.0378. The van der Waals surface area contributed by atoms with Gasteiger partial charge in [-0.2, -0.15) is 13.2 Å². The first kappa shape index (κ1) is 15.0. The minimum Gasteiger partial charge on any atom is -0.495 e. The molecule has 0 aliphatic carbocycles. The molecule has 0 amide bonds. The number of halogens is 3. The predicted octanol–water partition coefficient (Wildman–Crippen LogP) is 2.08. The van der Waals surface area contributed by atoms with Gasteiger partial charge in [0.25, 0.3) is 0 Å². The lowest BCUT2D eigenvalue weighted by Gasteiger charge is -2.20. The van der Waals surface area contributed by atoms with Crippen LogP contribution in [-0.4, -0.2) is 29.3 Å². The third-order valence-electron chi connectivity index (χ3n) is 2.34. The Morgan fingerprint density at radius 1 is 1.39 bits per heavy atom. The molecule has 0 radical (unpaired) electrons. The molecule has 0 heterocycles. The van der Waals surface area contributed by atoms with Crippen molar-refractivity contribution >= 4 is 10.8 Å². The maximum atomic E-state index is 12.8. The first-order chi connectivity index (χ1) is 8.41. The van der Waals surface area contributed by atoms with Crippen molar-refractivity contribution in [2.45, 2.75) is 22.7 Å². The van der Waals surface area contributed by atoms with Crippen molar-refractivity contribution in [3.8, 4) is 5.75 Å². The zero-order valence-electron chi connectivity index (χ0n) is 9.74. The molecule has 0 fully saturated rings. The molecule has 0 aromatic heterocycles. The van der Waals surface area contributed by atoms with Gasteiger partial charge in [0, 0.05) is 0 Å². The van der Waals surface area contributed by atoms with Crippen molar-refractivity contribution in [2.24, 2.45) is 5.73 Å². The fourth-order valence-electron chi connectivity index (χ4n) is 1.48. The molecule has 2 N–H and O–H groups in total. The van der Waals surface area contributed by atoms with Crippen LogP contribution >= 0.6 is 0 Å². The summed E-state index contributed by atoms with van der Waals surface area (Å²) in [7, 11) is -0.911. The monoisotopic (exact) mass is 281 g/mol. The third-order valence-corrected chi connectivity index (χ3v) is 4.13. The van der Waals surface area contributed by atoms with Crippen LogP contribution in [0.3, 0.4) is 0 Å². The second-order valence-corrected chi connectivity index (χ2v) is 5.16. The highest BCUT2D eigenvalue weighted by Crippen LogP contribution is 2.33. The van der Waals surface area contributed by atoms with Gasteiger partial charge in [0.1, 0.15) is 11.0 Å². The van der Waals surface area contributed by atoms with Crippen molar-refractivity contribution in [3.63, 3.8) is 0 Å². The van der Waals surface area contributed by atoms with Gasteiger partial charge in [0.05, 0.1) is 22.8 Å². The summed E-state index contributed by atoms with van der Waals surface area (Å²) < 4.78 is 55.3. The number of para-hydroxylation sites is 1. The van der Waals surface area contributed by atoms with E-state index in [1.54, 1.807) is 6.07 Å². The number of benzene rings is 1. The van der Waals surface area contributed by atoms with Crippen molar-refractivity contribution < 1.29 is 22.1 Å². The van der Waals surface area contributed by atoms with Crippen LogP contribution < -0.4 is 10.5 Å². The fourth-order valence-corrected chi connectivity index (χ4v) is 2.94. The van der Waals surface area contributed by atoms with E-state index in [0.717, 1.165) is 0 Å². The summed E-state index contributed by atoms with van der Waals surface area (Å²) in [5.41, 5.74) is 5.15. The molecule has 102 valence electrons. The Morgan fingerprint density at radius 2 is 2.00 bits per heavy atom. The van der Waals surface area contributed by atoms with Crippen LogP contribution in [0.5, 0.6) is 5.75 Å². The molecule has 2 atom stereocenters. The number of alkyl halides is 3. The first-order valence-electron chi connectivity index (χ1n) is 5.22. The molecular weight excluding hydrogens is 267 g/mol. The Bertz CT molecular complexity index is 423. The zero-order valence-corrected chi connectivity index (χ0v) is 10.6. The second-order valence-electron chi connectivity index (χ2n) is 3.56. The molecule has 7 heteroatoms. The summed E-state index contributed by atoms with van der Waals surface area (Å²) in [6, 6.07) is 5.96. The van der Waals surface area contributed by atoms with E-state index in [2.05, 4.69) is 0 Å². The fraction of sp³-hybridized carbons (Fsp3) is 0.455. The first-order valence-corrected chi connectivity index (χ1v) is 6.43. The van der Waals surface area contributed by atoms with Gasteiger partial charge in [-0.3, -0.25) is 4.21 Å². The number of hydrogen-bond acceptors (Lipinski definition) is 3. The summed E-state index contributed by atoms with van der Waals surface area (Å²) in [6.45, 7) is -0.176. The van der Waals surface area contributed by atoms with Crippen LogP contribution in [0.4, 0.5) is 13.2 Å². The third kappa shape index (κ3) is 3.46. The van der Waals surface area contributed by atoms with Gasteiger partial charge in [-0.25, -0.2) is 0 Å². The largest absolute Gasteiger partial charge is 0.495 e. The molecule has 3 nitrogen and oxygen atoms in total. The van der Waals surface area contributed by atoms with E-state index in [9.17, 15) is 17.4 Å². The van der Waals surface area contributed by atoms with Crippen LogP contribution in [0.2, 0.25) is 0 Å². The maximum Gasteiger partial charge on any atom is 0.403 e. The van der Waals surface area contributed by atoms with Crippen molar-refractivity contribution in [2.75, 3.05) is 13.7 Å². The normalized spacial score (nSPS) is 15.2. The van der Waals surface area contributed by atoms with E-state index in [0.29, 0.717) is 0 Å². The number of methoxy groups -OCH3 is 1. The van der Waals surface area contributed by atoms with E-state index in [1.165, 1.54) is 25.3 Å². The summed E-state index contributed by atoms with van der Waals surface area (Å²) in [5, 5.41) is -1.97. The Balaban J connectivity index is 3.10. The van der Waals surface area contributed by atoms with E-state index >= 15 is 0 Å². The van der Waals surface area contributed by atoms with Crippen LogP contribution in [-0.2, 0) is 10.8 Å². The highest BCUT2D eigenvalue weighted by Gasteiger charge is 2.44. The second kappa shape index (κ2) is 6.19. The van der Waals surface area contributed by atoms with Crippen LogP contribution in [0, 0.1) is 0 Å². The topological polar surface area (TPSA) is 52.3 Å². The predicted molar refractivity (Wildman–Crippen MR) is 62.9 cm³/mol. The van der Waals surface area contributed by atoms with Gasteiger partial charge in [0.2, 0.25) is 0 Å². The zero-order chi connectivity index (χ0) is 13.8. The molecule has 0 spiro atoms. The molecule has 0 saturated heterocycles. The molecular formula is C11H14F3NO2S. The highest BCUT2D eigenvalue weighted by atomic mass is 32.2. The average molecular weight is 281 g/mol. The molecule has 1 aromatic rings. The molecule has 0 aliphatic heterocycles. The molecule has 0 aliphatic rings. The number of rotatable bonds is 5. The molecule has 0 bridgehead atoms. The van der Waals surface area contributed by atoms with E-state index in [4.69, 9.17) is 10.5 Å². The summed E-state index contributed by atoms with van der Waals surface area (Å²) in [5.74, 6) is 0.183. The van der Waals surface area contributed by atoms with Crippen LogP contribution in [0.1, 0.15) is 6.42 Å². The Morgan fingerprint density at radius 3 is 2.50 bits per heavy atom. The molecule has 1 aromatic carbocycles. The van der Waals surface area contributed by atoms with Gasteiger partial charge in [-0.05, 0) is 25.1 Å². The number of hydrogen-bond donors (Lipinski definition) is 1. The maximum absolute atomic E-state index is 12.8. The summed E-state index contributed by atoms with van der Waals surface area (Å²) in [6.07, 6.45) is -4.93. The number of nitrogens with two attached hydrogens (primary N) is 1. The van der Waals surface area contributed by atoms with Gasteiger partial charge in [-0.15, -0.1) is 0 Å². The Hall–Kier alpha value is -1.08. The van der Waals surface area contributed by atoms with Gasteiger partial charge < -0.3 is 10.5 Å². The lowest BCUT2D eigenvalue weighted by Crippen LogP contribution is -2.35. The summed E-state index contributed by atoms with van der Waals surface area (Å²) >= 11 is 0. The molecule has 0 saturated carbocycles. The SMILES string of the molecule is COc1ccccc1S(=O)C(CCN)C(F)(F)F. The van der Waals surface area contributed by atoms with E-state index < -0.39 is 22.2 Å². The van der Waals surface area contributed by atoms with Crippen molar-refractivity contribution in [3.05, 3.63) is 24.3 Å². The quantitative estimate of drug-likeness (QED) is 0.899. The minimum atomic E-state index is -4.55. The highest BCUT2D eigenvalue weighted by molar-refractivity contribution is 7.85. The smallest absolute Gasteiger partial charge is 0.403 e. The molecule has 2 unspecified atom stereocenters. The van der Waals surface area contributed by atoms with Gasteiger partial charge >= 0.3 is 6.18 Å².